The van der Waals surface area contributed by atoms with Crippen LogP contribution in [0.4, 0.5) is 5.82 Å². The molecular weight excluding hydrogens is 270 g/mol. The van der Waals surface area contributed by atoms with Gasteiger partial charge >= 0.3 is 0 Å². The SMILES string of the molecule is Cc1n[nH]nc1NC(=O)CN1CCc2ccccc2C1=O. The maximum Gasteiger partial charge on any atom is 0.254 e. The van der Waals surface area contributed by atoms with Crippen molar-refractivity contribution < 1.29 is 9.59 Å². The second kappa shape index (κ2) is 5.35. The summed E-state index contributed by atoms with van der Waals surface area (Å²) >= 11 is 0. The molecule has 2 amide bonds. The molecule has 0 bridgehead atoms. The largest absolute Gasteiger partial charge is 0.329 e. The molecule has 1 aliphatic rings. The Kier molecular flexibility index (Phi) is 3.39. The van der Waals surface area contributed by atoms with Crippen LogP contribution in [0.5, 0.6) is 0 Å². The number of amides is 2. The summed E-state index contributed by atoms with van der Waals surface area (Å²) in [5.41, 5.74) is 2.32. The first-order valence-electron chi connectivity index (χ1n) is 6.69. The molecule has 0 atom stereocenters. The van der Waals surface area contributed by atoms with Crippen LogP contribution in [-0.4, -0.2) is 45.2 Å². The first-order chi connectivity index (χ1) is 10.1. The number of nitrogens with one attached hydrogen (secondary N) is 2. The molecule has 1 aliphatic heterocycles. The number of hydrogen-bond donors (Lipinski definition) is 2. The average molecular weight is 285 g/mol. The van der Waals surface area contributed by atoms with Crippen LogP contribution in [0.15, 0.2) is 24.3 Å². The number of aromatic amines is 1. The first-order valence-corrected chi connectivity index (χ1v) is 6.69. The molecule has 0 saturated heterocycles. The summed E-state index contributed by atoms with van der Waals surface area (Å²) in [5, 5.41) is 12.7. The van der Waals surface area contributed by atoms with E-state index in [1.807, 2.05) is 18.2 Å². The molecule has 2 aromatic rings. The normalized spacial score (nSPS) is 14.0. The predicted octanol–water partition coefficient (Wildman–Crippen LogP) is 0.750. The van der Waals surface area contributed by atoms with Gasteiger partial charge in [0.25, 0.3) is 5.91 Å². The monoisotopic (exact) mass is 285 g/mol. The van der Waals surface area contributed by atoms with Crippen molar-refractivity contribution in [2.75, 3.05) is 18.4 Å². The first kappa shape index (κ1) is 13.3. The van der Waals surface area contributed by atoms with Crippen molar-refractivity contribution in [3.8, 4) is 0 Å². The Labute approximate surface area is 121 Å². The highest BCUT2D eigenvalue weighted by atomic mass is 16.2. The molecule has 3 rings (SSSR count). The van der Waals surface area contributed by atoms with Gasteiger partial charge in [0.05, 0.1) is 0 Å². The van der Waals surface area contributed by atoms with Crippen LogP contribution in [0.3, 0.4) is 0 Å². The Hall–Kier alpha value is -2.70. The van der Waals surface area contributed by atoms with Gasteiger partial charge in [-0.3, -0.25) is 9.59 Å². The number of anilines is 1. The Morgan fingerprint density at radius 3 is 2.95 bits per heavy atom. The van der Waals surface area contributed by atoms with Crippen LogP contribution < -0.4 is 5.32 Å². The zero-order valence-electron chi connectivity index (χ0n) is 11.6. The third-order valence-electron chi connectivity index (χ3n) is 3.50. The molecule has 21 heavy (non-hydrogen) atoms. The van der Waals surface area contributed by atoms with Crippen LogP contribution in [0, 0.1) is 6.92 Å². The Bertz CT molecular complexity index is 694. The number of hydrogen-bond acceptors (Lipinski definition) is 4. The van der Waals surface area contributed by atoms with Crippen LogP contribution in [-0.2, 0) is 11.2 Å². The minimum absolute atomic E-state index is 0.0134. The maximum absolute atomic E-state index is 12.3. The van der Waals surface area contributed by atoms with Crippen molar-refractivity contribution in [2.24, 2.45) is 0 Å². The molecule has 0 radical (unpaired) electrons. The minimum atomic E-state index is -0.278. The number of rotatable bonds is 3. The number of aryl methyl sites for hydroxylation is 1. The van der Waals surface area contributed by atoms with Crippen LogP contribution in [0.25, 0.3) is 0 Å². The van der Waals surface area contributed by atoms with Gasteiger partial charge in [-0.2, -0.15) is 10.3 Å². The number of nitrogens with zero attached hydrogens (tertiary/aromatic N) is 3. The molecule has 0 fully saturated rings. The number of aromatic nitrogens is 3. The van der Waals surface area contributed by atoms with Crippen molar-refractivity contribution in [2.45, 2.75) is 13.3 Å². The summed E-state index contributed by atoms with van der Waals surface area (Å²) in [4.78, 5) is 25.9. The second-order valence-corrected chi connectivity index (χ2v) is 4.94. The number of H-pyrrole nitrogens is 1. The highest BCUT2D eigenvalue weighted by Crippen LogP contribution is 2.18. The van der Waals surface area contributed by atoms with Gasteiger partial charge in [0.1, 0.15) is 12.2 Å². The molecule has 0 saturated carbocycles. The topological polar surface area (TPSA) is 91.0 Å². The maximum atomic E-state index is 12.3. The highest BCUT2D eigenvalue weighted by molar-refractivity contribution is 6.00. The van der Waals surface area contributed by atoms with Gasteiger partial charge in [0.2, 0.25) is 5.91 Å². The molecular formula is C14H15N5O2. The summed E-state index contributed by atoms with van der Waals surface area (Å²) in [7, 11) is 0. The van der Waals surface area contributed by atoms with E-state index in [0.29, 0.717) is 23.6 Å². The van der Waals surface area contributed by atoms with Crippen molar-refractivity contribution in [1.29, 1.82) is 0 Å². The van der Waals surface area contributed by atoms with E-state index in [4.69, 9.17) is 0 Å². The summed E-state index contributed by atoms with van der Waals surface area (Å²) in [6.07, 6.45) is 0.762. The lowest BCUT2D eigenvalue weighted by Gasteiger charge is -2.27. The van der Waals surface area contributed by atoms with E-state index >= 15 is 0 Å². The predicted molar refractivity (Wildman–Crippen MR) is 75.8 cm³/mol. The molecule has 2 N–H and O–H groups in total. The highest BCUT2D eigenvalue weighted by Gasteiger charge is 2.25. The average Bonchev–Trinajstić information content (AvgIpc) is 2.87. The van der Waals surface area contributed by atoms with E-state index < -0.39 is 0 Å². The number of carbonyl (C=O) groups is 2. The van der Waals surface area contributed by atoms with Gasteiger partial charge in [0.15, 0.2) is 5.82 Å². The van der Waals surface area contributed by atoms with Crippen LogP contribution in [0.2, 0.25) is 0 Å². The van der Waals surface area contributed by atoms with Crippen LogP contribution in [0.1, 0.15) is 21.6 Å². The van der Waals surface area contributed by atoms with E-state index in [1.165, 1.54) is 0 Å². The standard InChI is InChI=1S/C14H15N5O2/c1-9-13(17-18-16-9)15-12(20)8-19-7-6-10-4-2-3-5-11(10)14(19)21/h2-5H,6-8H2,1H3,(H2,15,16,17,18,20). The quantitative estimate of drug-likeness (QED) is 0.870. The smallest absolute Gasteiger partial charge is 0.254 e. The summed E-state index contributed by atoms with van der Waals surface area (Å²) in [6, 6.07) is 7.49. The van der Waals surface area contributed by atoms with E-state index in [1.54, 1.807) is 17.9 Å². The molecule has 108 valence electrons. The van der Waals surface area contributed by atoms with Gasteiger partial charge in [-0.25, -0.2) is 0 Å². The number of benzene rings is 1. The van der Waals surface area contributed by atoms with Crippen molar-refractivity contribution in [3.63, 3.8) is 0 Å². The fourth-order valence-corrected chi connectivity index (χ4v) is 2.37. The van der Waals surface area contributed by atoms with Gasteiger partial charge in [0, 0.05) is 12.1 Å². The fourth-order valence-electron chi connectivity index (χ4n) is 2.37. The summed E-state index contributed by atoms with van der Waals surface area (Å²) < 4.78 is 0. The van der Waals surface area contributed by atoms with Gasteiger partial charge in [-0.1, -0.05) is 18.2 Å². The third kappa shape index (κ3) is 2.62. The Morgan fingerprint density at radius 2 is 2.19 bits per heavy atom. The van der Waals surface area contributed by atoms with Gasteiger partial charge < -0.3 is 10.2 Å². The third-order valence-corrected chi connectivity index (χ3v) is 3.50. The molecule has 7 heteroatoms. The molecule has 0 spiro atoms. The Morgan fingerprint density at radius 1 is 1.38 bits per heavy atom. The van der Waals surface area contributed by atoms with Crippen molar-refractivity contribution >= 4 is 17.6 Å². The van der Waals surface area contributed by atoms with E-state index in [0.717, 1.165) is 12.0 Å². The lowest BCUT2D eigenvalue weighted by atomic mass is 9.99. The van der Waals surface area contributed by atoms with Crippen molar-refractivity contribution in [1.82, 2.24) is 20.3 Å². The second-order valence-electron chi connectivity index (χ2n) is 4.94. The van der Waals surface area contributed by atoms with E-state index in [2.05, 4.69) is 20.7 Å². The number of fused-ring (bicyclic) bond motifs is 1. The zero-order valence-corrected chi connectivity index (χ0v) is 11.6. The van der Waals surface area contributed by atoms with E-state index in [9.17, 15) is 9.59 Å². The lowest BCUT2D eigenvalue weighted by Crippen LogP contribution is -2.42. The van der Waals surface area contributed by atoms with Gasteiger partial charge in [-0.15, -0.1) is 5.10 Å². The molecule has 1 aromatic carbocycles. The summed E-state index contributed by atoms with van der Waals surface area (Å²) in [6.45, 7) is 2.29. The summed E-state index contributed by atoms with van der Waals surface area (Å²) in [5.74, 6) is 0.00784. The van der Waals surface area contributed by atoms with Gasteiger partial charge in [-0.05, 0) is 25.0 Å². The molecule has 0 unspecified atom stereocenters. The molecule has 0 aliphatic carbocycles. The van der Waals surface area contributed by atoms with E-state index in [-0.39, 0.29) is 18.4 Å². The lowest BCUT2D eigenvalue weighted by molar-refractivity contribution is -0.117. The van der Waals surface area contributed by atoms with Crippen LogP contribution >= 0.6 is 0 Å². The number of carbonyl (C=O) groups excluding carboxylic acids is 2. The Balaban J connectivity index is 1.68. The van der Waals surface area contributed by atoms with Crippen molar-refractivity contribution in [3.05, 3.63) is 41.1 Å². The minimum Gasteiger partial charge on any atom is -0.329 e. The zero-order chi connectivity index (χ0) is 14.8. The molecule has 7 nitrogen and oxygen atoms in total. The fraction of sp³-hybridized carbons (Fsp3) is 0.286. The molecule has 2 heterocycles. The molecule has 1 aromatic heterocycles.